The van der Waals surface area contributed by atoms with Crippen LogP contribution < -0.4 is 15.4 Å². The minimum Gasteiger partial charge on any atom is -0.480 e. The van der Waals surface area contributed by atoms with Crippen molar-refractivity contribution >= 4 is 27.7 Å². The van der Waals surface area contributed by atoms with Crippen LogP contribution >= 0.6 is 0 Å². The molecule has 33 heavy (non-hydrogen) atoms. The number of aromatic nitrogens is 3. The highest BCUT2D eigenvalue weighted by Gasteiger charge is 2.24. The summed E-state index contributed by atoms with van der Waals surface area (Å²) in [5.74, 6) is -1.13. The van der Waals surface area contributed by atoms with Crippen LogP contribution in [-0.2, 0) is 34.2 Å². The number of carboxylic acid groups (broad SMARTS) is 1. The topological polar surface area (TPSA) is 155 Å². The van der Waals surface area contributed by atoms with Crippen molar-refractivity contribution in [2.45, 2.75) is 51.6 Å². The smallest absolute Gasteiger partial charge is 0.323 e. The van der Waals surface area contributed by atoms with Gasteiger partial charge in [-0.25, -0.2) is 13.4 Å². The number of fused-ring (bicyclic) bond motifs is 1. The Labute approximate surface area is 193 Å². The zero-order chi connectivity index (χ0) is 23.8. The van der Waals surface area contributed by atoms with Gasteiger partial charge in [0.05, 0.1) is 17.5 Å². The third-order valence-corrected chi connectivity index (χ3v) is 6.77. The van der Waals surface area contributed by atoms with E-state index in [0.717, 1.165) is 30.9 Å². The number of carbonyl (C=O) groups is 2. The number of rotatable bonds is 12. The van der Waals surface area contributed by atoms with Crippen LogP contribution in [0, 0.1) is 0 Å². The van der Waals surface area contributed by atoms with Crippen LogP contribution in [-0.4, -0.2) is 65.0 Å². The van der Waals surface area contributed by atoms with Crippen molar-refractivity contribution in [3.05, 3.63) is 41.3 Å². The number of anilines is 1. The predicted molar refractivity (Wildman–Crippen MR) is 123 cm³/mol. The summed E-state index contributed by atoms with van der Waals surface area (Å²) in [5.41, 5.74) is 2.40. The number of pyridine rings is 1. The van der Waals surface area contributed by atoms with Crippen molar-refractivity contribution in [3.8, 4) is 0 Å². The first-order valence-corrected chi connectivity index (χ1v) is 12.7. The Balaban J connectivity index is 1.52. The van der Waals surface area contributed by atoms with Crippen molar-refractivity contribution < 1.29 is 23.1 Å². The lowest BCUT2D eigenvalue weighted by Gasteiger charge is -2.17. The first kappa shape index (κ1) is 24.6. The second-order valence-corrected chi connectivity index (χ2v) is 9.85. The van der Waals surface area contributed by atoms with E-state index >= 15 is 0 Å². The average Bonchev–Trinajstić information content (AvgIpc) is 3.28. The number of amides is 1. The Hall–Kier alpha value is -2.99. The fourth-order valence-corrected chi connectivity index (χ4v) is 4.83. The van der Waals surface area contributed by atoms with E-state index in [1.807, 2.05) is 13.0 Å². The van der Waals surface area contributed by atoms with Crippen molar-refractivity contribution in [1.82, 2.24) is 24.8 Å². The fourth-order valence-electron chi connectivity index (χ4n) is 3.43. The van der Waals surface area contributed by atoms with E-state index in [9.17, 15) is 23.1 Å². The van der Waals surface area contributed by atoms with Gasteiger partial charge in [0.1, 0.15) is 11.9 Å². The van der Waals surface area contributed by atoms with Crippen molar-refractivity contribution in [2.75, 3.05) is 24.2 Å². The van der Waals surface area contributed by atoms with Gasteiger partial charge in [-0.05, 0) is 30.9 Å². The molecule has 0 aromatic carbocycles. The van der Waals surface area contributed by atoms with Gasteiger partial charge in [0.25, 0.3) is 5.91 Å². The summed E-state index contributed by atoms with van der Waals surface area (Å²) in [4.78, 5) is 28.5. The van der Waals surface area contributed by atoms with Gasteiger partial charge in [-0.1, -0.05) is 19.4 Å². The molecule has 1 unspecified atom stereocenters. The molecule has 2 aromatic rings. The number of unbranched alkanes of at least 4 members (excludes halogenated alkanes) is 1. The third kappa shape index (κ3) is 7.26. The number of sulfonamides is 1. The van der Waals surface area contributed by atoms with E-state index in [2.05, 4.69) is 31.5 Å². The minimum absolute atomic E-state index is 0.164. The number of carbonyl (C=O) groups excluding carboxylic acids is 1. The summed E-state index contributed by atoms with van der Waals surface area (Å²) in [6.45, 7) is 2.90. The molecule has 0 saturated carbocycles. The molecule has 4 N–H and O–H groups in total. The molecule has 1 atom stereocenters. The number of hydrogen-bond donors (Lipinski definition) is 4. The van der Waals surface area contributed by atoms with Crippen LogP contribution in [0.4, 0.5) is 5.82 Å². The summed E-state index contributed by atoms with van der Waals surface area (Å²) in [5, 5.41) is 19.2. The predicted octanol–water partition coefficient (Wildman–Crippen LogP) is 0.781. The average molecular weight is 479 g/mol. The number of carboxylic acids is 1. The molecule has 12 heteroatoms. The van der Waals surface area contributed by atoms with Crippen LogP contribution in [0.15, 0.2) is 24.5 Å². The van der Waals surface area contributed by atoms with Gasteiger partial charge in [-0.2, -0.15) is 9.82 Å². The summed E-state index contributed by atoms with van der Waals surface area (Å²) in [7, 11) is -3.75. The van der Waals surface area contributed by atoms with E-state index in [0.29, 0.717) is 25.8 Å². The Morgan fingerprint density at radius 3 is 2.91 bits per heavy atom. The second kappa shape index (κ2) is 11.2. The van der Waals surface area contributed by atoms with E-state index in [4.69, 9.17) is 0 Å². The molecular weight excluding hydrogens is 448 g/mol. The monoisotopic (exact) mass is 478 g/mol. The SMILES string of the molecule is CCCCS(=O)(=O)NC(CNC(=O)c1cnn(CCc2ccc3c(n2)NCCC3)c1)C(=O)O. The number of aliphatic carboxylic acids is 1. The van der Waals surface area contributed by atoms with E-state index in [-0.39, 0.29) is 17.9 Å². The molecule has 0 radical (unpaired) electrons. The maximum atomic E-state index is 12.4. The van der Waals surface area contributed by atoms with Gasteiger partial charge >= 0.3 is 5.97 Å². The Kier molecular flexibility index (Phi) is 8.39. The molecule has 0 saturated heterocycles. The summed E-state index contributed by atoms with van der Waals surface area (Å²) >= 11 is 0. The molecular formula is C21H30N6O5S. The largest absolute Gasteiger partial charge is 0.480 e. The molecule has 0 bridgehead atoms. The van der Waals surface area contributed by atoms with Crippen LogP contribution in [0.2, 0.25) is 0 Å². The van der Waals surface area contributed by atoms with Crippen molar-refractivity contribution in [2.24, 2.45) is 0 Å². The Morgan fingerprint density at radius 2 is 2.15 bits per heavy atom. The van der Waals surface area contributed by atoms with Gasteiger partial charge in [0.15, 0.2) is 0 Å². The normalized spacial score (nSPS) is 14.2. The minimum atomic E-state index is -3.75. The van der Waals surface area contributed by atoms with Crippen LogP contribution in [0.3, 0.4) is 0 Å². The molecule has 1 amide bonds. The van der Waals surface area contributed by atoms with Crippen LogP contribution in [0.25, 0.3) is 0 Å². The second-order valence-electron chi connectivity index (χ2n) is 7.97. The first-order valence-electron chi connectivity index (χ1n) is 11.0. The maximum Gasteiger partial charge on any atom is 0.323 e. The lowest BCUT2D eigenvalue weighted by atomic mass is 10.1. The first-order chi connectivity index (χ1) is 15.8. The molecule has 0 fully saturated rings. The molecule has 1 aliphatic rings. The molecule has 3 rings (SSSR count). The highest BCUT2D eigenvalue weighted by molar-refractivity contribution is 7.89. The molecule has 11 nitrogen and oxygen atoms in total. The van der Waals surface area contributed by atoms with Crippen molar-refractivity contribution in [1.29, 1.82) is 0 Å². The highest BCUT2D eigenvalue weighted by atomic mass is 32.2. The zero-order valence-corrected chi connectivity index (χ0v) is 19.4. The standard InChI is InChI=1S/C21H30N6O5S/c1-2-3-11-33(31,32)26-18(21(29)30)13-23-20(28)16-12-24-27(14-16)10-8-17-7-6-15-5-4-9-22-19(15)25-17/h6-7,12,14,18,26H,2-5,8-11,13H2,1H3,(H,22,25)(H,23,28)(H,29,30). The summed E-state index contributed by atoms with van der Waals surface area (Å²) in [6.07, 6.45) is 6.80. The third-order valence-electron chi connectivity index (χ3n) is 5.30. The highest BCUT2D eigenvalue weighted by Crippen LogP contribution is 2.19. The van der Waals surface area contributed by atoms with Crippen LogP contribution in [0.5, 0.6) is 0 Å². The number of hydrogen-bond acceptors (Lipinski definition) is 7. The summed E-state index contributed by atoms with van der Waals surface area (Å²) < 4.78 is 27.7. The Morgan fingerprint density at radius 1 is 1.33 bits per heavy atom. The molecule has 1 aliphatic heterocycles. The number of aryl methyl sites for hydroxylation is 3. The van der Waals surface area contributed by atoms with E-state index in [1.54, 1.807) is 10.9 Å². The quantitative estimate of drug-likeness (QED) is 0.349. The van der Waals surface area contributed by atoms with Gasteiger partial charge in [0.2, 0.25) is 10.0 Å². The van der Waals surface area contributed by atoms with Gasteiger partial charge in [-0.15, -0.1) is 0 Å². The number of nitrogens with one attached hydrogen (secondary N) is 3. The van der Waals surface area contributed by atoms with Crippen molar-refractivity contribution in [3.63, 3.8) is 0 Å². The van der Waals surface area contributed by atoms with Gasteiger partial charge in [-0.3, -0.25) is 14.3 Å². The van der Waals surface area contributed by atoms with E-state index in [1.165, 1.54) is 11.8 Å². The zero-order valence-electron chi connectivity index (χ0n) is 18.6. The van der Waals surface area contributed by atoms with Gasteiger partial charge in [0, 0.05) is 37.9 Å². The summed E-state index contributed by atoms with van der Waals surface area (Å²) in [6, 6.07) is 2.63. The van der Waals surface area contributed by atoms with Gasteiger partial charge < -0.3 is 15.7 Å². The molecule has 2 aromatic heterocycles. The fraction of sp³-hybridized carbons (Fsp3) is 0.524. The molecule has 0 spiro atoms. The molecule has 180 valence electrons. The number of nitrogens with zero attached hydrogens (tertiary/aromatic N) is 3. The lowest BCUT2D eigenvalue weighted by Crippen LogP contribution is -2.48. The molecule has 0 aliphatic carbocycles. The maximum absolute atomic E-state index is 12.4. The lowest BCUT2D eigenvalue weighted by molar-refractivity contribution is -0.138. The molecule has 3 heterocycles. The Bertz CT molecular complexity index is 1080. The van der Waals surface area contributed by atoms with Crippen LogP contribution in [0.1, 0.15) is 47.8 Å². The van der Waals surface area contributed by atoms with E-state index < -0.39 is 27.9 Å².